The number of para-hydroxylation sites is 1. The summed E-state index contributed by atoms with van der Waals surface area (Å²) in [5.74, 6) is -0.844. The van der Waals surface area contributed by atoms with Crippen molar-refractivity contribution < 1.29 is 14.0 Å². The van der Waals surface area contributed by atoms with Gasteiger partial charge in [-0.25, -0.2) is 4.39 Å². The first-order chi connectivity index (χ1) is 13.0. The van der Waals surface area contributed by atoms with Gasteiger partial charge in [0.25, 0.3) is 0 Å². The quantitative estimate of drug-likeness (QED) is 0.674. The highest BCUT2D eigenvalue weighted by molar-refractivity contribution is 5.84. The Labute approximate surface area is 157 Å². The molecule has 0 radical (unpaired) electrons. The second kappa shape index (κ2) is 8.49. The largest absolute Gasteiger partial charge is 0.361 e. The number of hydrogen-bond donors (Lipinski definition) is 2. The number of benzene rings is 2. The summed E-state index contributed by atoms with van der Waals surface area (Å²) >= 11 is 0. The number of fused-ring (bicyclic) bond motifs is 1. The molecule has 0 aliphatic heterocycles. The average molecular weight is 367 g/mol. The minimum absolute atomic E-state index is 0.0495. The number of aromatic nitrogens is 1. The SMILES string of the molecule is CC(=O)N(CCc1c[nH]c2ccccc12)CC(=O)NCc1ccccc1F. The average Bonchev–Trinajstić information content (AvgIpc) is 3.07. The number of carbonyl (C=O) groups excluding carboxylic acids is 2. The van der Waals surface area contributed by atoms with Gasteiger partial charge in [-0.1, -0.05) is 36.4 Å². The monoisotopic (exact) mass is 367 g/mol. The molecule has 2 amide bonds. The standard InChI is InChI=1S/C21H22FN3O2/c1-15(26)25(11-10-16-12-23-20-9-5-3-7-18(16)20)14-21(27)24-13-17-6-2-4-8-19(17)22/h2-9,12,23H,10-11,13-14H2,1H3,(H,24,27). The Morgan fingerprint density at radius 3 is 2.59 bits per heavy atom. The van der Waals surface area contributed by atoms with Gasteiger partial charge in [0.1, 0.15) is 5.82 Å². The van der Waals surface area contributed by atoms with Gasteiger partial charge in [0.15, 0.2) is 0 Å². The minimum atomic E-state index is -0.361. The van der Waals surface area contributed by atoms with Crippen molar-refractivity contribution in [3.63, 3.8) is 0 Å². The van der Waals surface area contributed by atoms with E-state index >= 15 is 0 Å². The molecule has 3 aromatic rings. The van der Waals surface area contributed by atoms with Crippen LogP contribution in [0.25, 0.3) is 10.9 Å². The maximum Gasteiger partial charge on any atom is 0.239 e. The van der Waals surface area contributed by atoms with E-state index < -0.39 is 0 Å². The van der Waals surface area contributed by atoms with E-state index in [1.165, 1.54) is 17.9 Å². The summed E-state index contributed by atoms with van der Waals surface area (Å²) in [4.78, 5) is 28.8. The van der Waals surface area contributed by atoms with Crippen molar-refractivity contribution in [1.29, 1.82) is 0 Å². The van der Waals surface area contributed by atoms with Crippen molar-refractivity contribution in [3.05, 3.63) is 71.7 Å². The number of nitrogens with one attached hydrogen (secondary N) is 2. The van der Waals surface area contributed by atoms with Crippen LogP contribution >= 0.6 is 0 Å². The molecule has 1 aromatic heterocycles. The highest BCUT2D eigenvalue weighted by Gasteiger charge is 2.15. The summed E-state index contributed by atoms with van der Waals surface area (Å²) in [6, 6.07) is 14.2. The molecule has 0 bridgehead atoms. The molecule has 0 saturated carbocycles. The molecule has 2 N–H and O–H groups in total. The van der Waals surface area contributed by atoms with E-state index in [0.29, 0.717) is 18.5 Å². The van der Waals surface area contributed by atoms with Crippen LogP contribution in [0, 0.1) is 5.82 Å². The molecule has 0 fully saturated rings. The van der Waals surface area contributed by atoms with Crippen LogP contribution in [0.4, 0.5) is 4.39 Å². The van der Waals surface area contributed by atoms with Gasteiger partial charge in [0.05, 0.1) is 6.54 Å². The molecule has 0 aliphatic rings. The van der Waals surface area contributed by atoms with Gasteiger partial charge >= 0.3 is 0 Å². The van der Waals surface area contributed by atoms with Crippen LogP contribution in [0.3, 0.4) is 0 Å². The maximum absolute atomic E-state index is 13.6. The zero-order valence-electron chi connectivity index (χ0n) is 15.2. The molecule has 0 aliphatic carbocycles. The lowest BCUT2D eigenvalue weighted by Gasteiger charge is -2.20. The molecular weight excluding hydrogens is 345 g/mol. The zero-order valence-corrected chi connectivity index (χ0v) is 15.2. The van der Waals surface area contributed by atoms with E-state index in [4.69, 9.17) is 0 Å². The third kappa shape index (κ3) is 4.73. The molecule has 0 saturated heterocycles. The van der Waals surface area contributed by atoms with E-state index in [1.807, 2.05) is 30.5 Å². The molecule has 140 valence electrons. The normalized spacial score (nSPS) is 10.7. The fourth-order valence-corrected chi connectivity index (χ4v) is 3.01. The Kier molecular flexibility index (Phi) is 5.86. The van der Waals surface area contributed by atoms with Crippen molar-refractivity contribution >= 4 is 22.7 Å². The van der Waals surface area contributed by atoms with Crippen molar-refractivity contribution in [2.75, 3.05) is 13.1 Å². The second-order valence-electron chi connectivity index (χ2n) is 6.42. The van der Waals surface area contributed by atoms with Crippen LogP contribution in [0.2, 0.25) is 0 Å². The minimum Gasteiger partial charge on any atom is -0.361 e. The van der Waals surface area contributed by atoms with E-state index in [0.717, 1.165) is 16.5 Å². The number of rotatable bonds is 7. The molecule has 1 heterocycles. The summed E-state index contributed by atoms with van der Waals surface area (Å²) in [6.07, 6.45) is 2.57. The lowest BCUT2D eigenvalue weighted by molar-refractivity contribution is -0.134. The fourth-order valence-electron chi connectivity index (χ4n) is 3.01. The van der Waals surface area contributed by atoms with Crippen LogP contribution in [0.15, 0.2) is 54.7 Å². The fraction of sp³-hybridized carbons (Fsp3) is 0.238. The molecule has 3 rings (SSSR count). The molecule has 0 spiro atoms. The number of amides is 2. The van der Waals surface area contributed by atoms with Gasteiger partial charge in [-0.15, -0.1) is 0 Å². The first-order valence-corrected chi connectivity index (χ1v) is 8.85. The highest BCUT2D eigenvalue weighted by Crippen LogP contribution is 2.18. The highest BCUT2D eigenvalue weighted by atomic mass is 19.1. The van der Waals surface area contributed by atoms with Crippen LogP contribution in [0.5, 0.6) is 0 Å². The Morgan fingerprint density at radius 2 is 1.81 bits per heavy atom. The molecular formula is C21H22FN3O2. The van der Waals surface area contributed by atoms with Gasteiger partial charge in [0.2, 0.25) is 11.8 Å². The van der Waals surface area contributed by atoms with Gasteiger partial charge in [-0.3, -0.25) is 9.59 Å². The summed E-state index contributed by atoms with van der Waals surface area (Å²) < 4.78 is 13.6. The van der Waals surface area contributed by atoms with Crippen LogP contribution < -0.4 is 5.32 Å². The van der Waals surface area contributed by atoms with Gasteiger partial charge < -0.3 is 15.2 Å². The molecule has 0 unspecified atom stereocenters. The van der Waals surface area contributed by atoms with Crippen LogP contribution in [-0.4, -0.2) is 34.8 Å². The van der Waals surface area contributed by atoms with Gasteiger partial charge in [0, 0.05) is 42.7 Å². The second-order valence-corrected chi connectivity index (χ2v) is 6.42. The van der Waals surface area contributed by atoms with Crippen molar-refractivity contribution in [2.24, 2.45) is 0 Å². The Morgan fingerprint density at radius 1 is 1.07 bits per heavy atom. The zero-order chi connectivity index (χ0) is 19.2. The predicted octanol–water partition coefficient (Wildman–Crippen LogP) is 3.01. The number of hydrogen-bond acceptors (Lipinski definition) is 2. The molecule has 6 heteroatoms. The number of aromatic amines is 1. The van der Waals surface area contributed by atoms with E-state index in [9.17, 15) is 14.0 Å². The Balaban J connectivity index is 1.56. The number of halogens is 1. The van der Waals surface area contributed by atoms with Crippen molar-refractivity contribution in [2.45, 2.75) is 19.9 Å². The Hall–Kier alpha value is -3.15. The van der Waals surface area contributed by atoms with Gasteiger partial charge in [-0.2, -0.15) is 0 Å². The third-order valence-corrected chi connectivity index (χ3v) is 4.54. The van der Waals surface area contributed by atoms with Gasteiger partial charge in [-0.05, 0) is 24.1 Å². The Bertz CT molecular complexity index is 951. The molecule has 5 nitrogen and oxygen atoms in total. The third-order valence-electron chi connectivity index (χ3n) is 4.54. The topological polar surface area (TPSA) is 65.2 Å². The van der Waals surface area contributed by atoms with Crippen molar-refractivity contribution in [3.8, 4) is 0 Å². The van der Waals surface area contributed by atoms with E-state index in [-0.39, 0.29) is 30.7 Å². The predicted molar refractivity (Wildman–Crippen MR) is 103 cm³/mol. The van der Waals surface area contributed by atoms with Crippen LogP contribution in [-0.2, 0) is 22.6 Å². The van der Waals surface area contributed by atoms with E-state index in [2.05, 4.69) is 10.3 Å². The number of H-pyrrole nitrogens is 1. The molecule has 0 atom stereocenters. The number of carbonyl (C=O) groups is 2. The summed E-state index contributed by atoms with van der Waals surface area (Å²) in [6.45, 7) is 1.93. The van der Waals surface area contributed by atoms with Crippen molar-refractivity contribution in [1.82, 2.24) is 15.2 Å². The lowest BCUT2D eigenvalue weighted by Crippen LogP contribution is -2.40. The first-order valence-electron chi connectivity index (χ1n) is 8.85. The van der Waals surface area contributed by atoms with E-state index in [1.54, 1.807) is 18.2 Å². The number of nitrogens with zero attached hydrogens (tertiary/aromatic N) is 1. The summed E-state index contributed by atoms with van der Waals surface area (Å²) in [5, 5.41) is 3.78. The van der Waals surface area contributed by atoms with Crippen LogP contribution in [0.1, 0.15) is 18.1 Å². The first kappa shape index (κ1) is 18.6. The summed E-state index contributed by atoms with van der Waals surface area (Å²) in [7, 11) is 0. The molecule has 2 aromatic carbocycles. The summed E-state index contributed by atoms with van der Waals surface area (Å²) in [5.41, 5.74) is 2.56. The maximum atomic E-state index is 13.6. The smallest absolute Gasteiger partial charge is 0.239 e. The lowest BCUT2D eigenvalue weighted by atomic mass is 10.1. The molecule has 27 heavy (non-hydrogen) atoms.